The summed E-state index contributed by atoms with van der Waals surface area (Å²) in [5.41, 5.74) is 7.61. The zero-order valence-electron chi connectivity index (χ0n) is 9.44. The van der Waals surface area contributed by atoms with Crippen LogP contribution in [0.15, 0.2) is 35.7 Å². The molecule has 2 N–H and O–H groups in total. The van der Waals surface area contributed by atoms with Crippen LogP contribution in [0.1, 0.15) is 23.5 Å². The van der Waals surface area contributed by atoms with Crippen molar-refractivity contribution in [1.29, 1.82) is 0 Å². The summed E-state index contributed by atoms with van der Waals surface area (Å²) in [6, 6.07) is 9.88. The summed E-state index contributed by atoms with van der Waals surface area (Å²) >= 11 is 1.71. The van der Waals surface area contributed by atoms with E-state index in [0.29, 0.717) is 0 Å². The van der Waals surface area contributed by atoms with E-state index in [1.165, 1.54) is 4.88 Å². The molecule has 0 bridgehead atoms. The van der Waals surface area contributed by atoms with Gasteiger partial charge in [0.2, 0.25) is 0 Å². The lowest BCUT2D eigenvalue weighted by Gasteiger charge is -2.14. The van der Waals surface area contributed by atoms with Crippen molar-refractivity contribution < 1.29 is 4.74 Å². The smallest absolute Gasteiger partial charge is 0.130 e. The summed E-state index contributed by atoms with van der Waals surface area (Å²) in [6.45, 7) is 4.04. The Morgan fingerprint density at radius 2 is 2.12 bits per heavy atom. The van der Waals surface area contributed by atoms with E-state index >= 15 is 0 Å². The number of benzene rings is 1. The Labute approximate surface area is 99.7 Å². The molecule has 1 heterocycles. The van der Waals surface area contributed by atoms with Gasteiger partial charge in [0.15, 0.2) is 0 Å². The number of nitrogen functional groups attached to an aromatic ring is 1. The largest absolute Gasteiger partial charge is 0.485 e. The molecule has 2 rings (SSSR count). The van der Waals surface area contributed by atoms with E-state index in [4.69, 9.17) is 10.5 Å². The van der Waals surface area contributed by atoms with E-state index in [0.717, 1.165) is 17.0 Å². The highest BCUT2D eigenvalue weighted by Gasteiger charge is 2.08. The molecule has 0 saturated heterocycles. The maximum absolute atomic E-state index is 5.85. The van der Waals surface area contributed by atoms with Crippen LogP contribution in [0.2, 0.25) is 0 Å². The fourth-order valence-corrected chi connectivity index (χ4v) is 2.22. The maximum atomic E-state index is 5.85. The van der Waals surface area contributed by atoms with Gasteiger partial charge in [-0.3, -0.25) is 0 Å². The zero-order valence-corrected chi connectivity index (χ0v) is 10.3. The fraction of sp³-hybridized carbons (Fsp3) is 0.231. The highest BCUT2D eigenvalue weighted by atomic mass is 32.1. The van der Waals surface area contributed by atoms with Crippen LogP contribution in [0.3, 0.4) is 0 Å². The van der Waals surface area contributed by atoms with Gasteiger partial charge < -0.3 is 10.5 Å². The van der Waals surface area contributed by atoms with Crippen LogP contribution < -0.4 is 10.5 Å². The number of hydrogen-bond acceptors (Lipinski definition) is 3. The molecule has 0 radical (unpaired) electrons. The second kappa shape index (κ2) is 4.58. The molecule has 16 heavy (non-hydrogen) atoms. The number of aryl methyl sites for hydroxylation is 1. The summed E-state index contributed by atoms with van der Waals surface area (Å²) in [4.78, 5) is 1.23. The molecule has 2 nitrogen and oxygen atoms in total. The molecular weight excluding hydrogens is 218 g/mol. The summed E-state index contributed by atoms with van der Waals surface area (Å²) < 4.78 is 5.85. The number of hydrogen-bond donors (Lipinski definition) is 1. The van der Waals surface area contributed by atoms with E-state index in [1.54, 1.807) is 11.3 Å². The molecule has 1 unspecified atom stereocenters. The molecule has 3 heteroatoms. The van der Waals surface area contributed by atoms with Gasteiger partial charge >= 0.3 is 0 Å². The van der Waals surface area contributed by atoms with Crippen molar-refractivity contribution >= 4 is 17.0 Å². The minimum atomic E-state index is 0.0861. The van der Waals surface area contributed by atoms with Crippen LogP contribution in [0.25, 0.3) is 0 Å². The van der Waals surface area contributed by atoms with Crippen molar-refractivity contribution in [2.45, 2.75) is 20.0 Å². The molecule has 0 aliphatic heterocycles. The van der Waals surface area contributed by atoms with Crippen molar-refractivity contribution in [3.05, 3.63) is 46.2 Å². The van der Waals surface area contributed by atoms with Gasteiger partial charge in [0.05, 0.1) is 0 Å². The summed E-state index contributed by atoms with van der Waals surface area (Å²) in [5.74, 6) is 0.868. The highest BCUT2D eigenvalue weighted by Crippen LogP contribution is 2.26. The van der Waals surface area contributed by atoms with Crippen LogP contribution in [-0.4, -0.2) is 0 Å². The summed E-state index contributed by atoms with van der Waals surface area (Å²) in [7, 11) is 0. The van der Waals surface area contributed by atoms with E-state index in [-0.39, 0.29) is 6.10 Å². The Bertz CT molecular complexity index is 465. The molecule has 2 aromatic rings. The Morgan fingerprint density at radius 1 is 1.31 bits per heavy atom. The van der Waals surface area contributed by atoms with Crippen LogP contribution in [0.4, 0.5) is 5.69 Å². The molecule has 0 fully saturated rings. The lowest BCUT2D eigenvalue weighted by atomic mass is 10.2. The van der Waals surface area contributed by atoms with Crippen molar-refractivity contribution in [2.75, 3.05) is 5.73 Å². The molecule has 0 aliphatic rings. The zero-order chi connectivity index (χ0) is 11.5. The lowest BCUT2D eigenvalue weighted by Crippen LogP contribution is -2.01. The first-order valence-electron chi connectivity index (χ1n) is 5.23. The van der Waals surface area contributed by atoms with Crippen molar-refractivity contribution in [3.8, 4) is 5.75 Å². The van der Waals surface area contributed by atoms with Gasteiger partial charge in [-0.25, -0.2) is 0 Å². The van der Waals surface area contributed by atoms with E-state index in [1.807, 2.05) is 31.2 Å². The average Bonchev–Trinajstić information content (AvgIpc) is 2.77. The molecule has 1 aromatic heterocycles. The van der Waals surface area contributed by atoms with Gasteiger partial charge in [0.1, 0.15) is 11.9 Å². The standard InChI is InChI=1S/C13H15NOS/c1-9-8-11(5-6-12(9)14)15-10(2)13-4-3-7-16-13/h3-8,10H,14H2,1-2H3. The Hall–Kier alpha value is -1.48. The Balaban J connectivity index is 2.12. The third-order valence-corrected chi connectivity index (χ3v) is 3.53. The van der Waals surface area contributed by atoms with Crippen molar-refractivity contribution in [3.63, 3.8) is 0 Å². The fourth-order valence-electron chi connectivity index (χ4n) is 1.51. The van der Waals surface area contributed by atoms with Crippen LogP contribution in [-0.2, 0) is 0 Å². The van der Waals surface area contributed by atoms with Gasteiger partial charge in [0, 0.05) is 10.6 Å². The first-order chi connectivity index (χ1) is 7.66. The molecule has 1 aromatic carbocycles. The lowest BCUT2D eigenvalue weighted by molar-refractivity contribution is 0.230. The van der Waals surface area contributed by atoms with E-state index in [9.17, 15) is 0 Å². The first-order valence-corrected chi connectivity index (χ1v) is 6.11. The van der Waals surface area contributed by atoms with Gasteiger partial charge in [-0.05, 0) is 49.1 Å². The van der Waals surface area contributed by atoms with Crippen molar-refractivity contribution in [1.82, 2.24) is 0 Å². The average molecular weight is 233 g/mol. The number of anilines is 1. The third-order valence-electron chi connectivity index (χ3n) is 2.50. The van der Waals surface area contributed by atoms with E-state index in [2.05, 4.69) is 18.4 Å². The topological polar surface area (TPSA) is 35.2 Å². The van der Waals surface area contributed by atoms with Crippen LogP contribution in [0.5, 0.6) is 5.75 Å². The second-order valence-electron chi connectivity index (χ2n) is 3.79. The van der Waals surface area contributed by atoms with E-state index < -0.39 is 0 Å². The summed E-state index contributed by atoms with van der Waals surface area (Å²) in [6.07, 6.45) is 0.0861. The Morgan fingerprint density at radius 3 is 2.75 bits per heavy atom. The monoisotopic (exact) mass is 233 g/mol. The molecule has 1 atom stereocenters. The number of nitrogens with two attached hydrogens (primary N) is 1. The third kappa shape index (κ3) is 2.36. The molecular formula is C13H15NOS. The van der Waals surface area contributed by atoms with Crippen LogP contribution >= 0.6 is 11.3 Å². The number of rotatable bonds is 3. The molecule has 0 amide bonds. The molecule has 0 aliphatic carbocycles. The normalized spacial score (nSPS) is 12.4. The molecule has 0 saturated carbocycles. The quantitative estimate of drug-likeness (QED) is 0.819. The first kappa shape index (κ1) is 11.0. The maximum Gasteiger partial charge on any atom is 0.130 e. The predicted molar refractivity (Wildman–Crippen MR) is 69.0 cm³/mol. The summed E-state index contributed by atoms with van der Waals surface area (Å²) in [5, 5.41) is 2.06. The SMILES string of the molecule is Cc1cc(OC(C)c2cccs2)ccc1N. The minimum absolute atomic E-state index is 0.0861. The molecule has 0 spiro atoms. The van der Waals surface area contributed by atoms with Gasteiger partial charge in [0.25, 0.3) is 0 Å². The second-order valence-corrected chi connectivity index (χ2v) is 4.77. The number of ether oxygens (including phenoxy) is 1. The minimum Gasteiger partial charge on any atom is -0.485 e. The van der Waals surface area contributed by atoms with Gasteiger partial charge in [-0.2, -0.15) is 0 Å². The van der Waals surface area contributed by atoms with Gasteiger partial charge in [-0.15, -0.1) is 11.3 Å². The van der Waals surface area contributed by atoms with Crippen LogP contribution in [0, 0.1) is 6.92 Å². The van der Waals surface area contributed by atoms with Crippen molar-refractivity contribution in [2.24, 2.45) is 0 Å². The number of thiophene rings is 1. The predicted octanol–water partition coefficient (Wildman–Crippen LogP) is 3.78. The Kier molecular flexibility index (Phi) is 3.15. The molecule has 84 valence electrons. The van der Waals surface area contributed by atoms with Gasteiger partial charge in [-0.1, -0.05) is 6.07 Å². The highest BCUT2D eigenvalue weighted by molar-refractivity contribution is 7.10.